The fourth-order valence-electron chi connectivity index (χ4n) is 3.76. The zero-order valence-corrected chi connectivity index (χ0v) is 16.9. The van der Waals surface area contributed by atoms with E-state index in [1.807, 2.05) is 0 Å². The molecule has 140 valence electrons. The van der Waals surface area contributed by atoms with Crippen molar-refractivity contribution < 1.29 is 4.79 Å². The van der Waals surface area contributed by atoms with Crippen LogP contribution in [0.15, 0.2) is 58.5 Å². The van der Waals surface area contributed by atoms with Crippen molar-refractivity contribution in [2.75, 3.05) is 22.9 Å². The van der Waals surface area contributed by atoms with Crippen LogP contribution < -0.4 is 9.80 Å². The molecule has 0 radical (unpaired) electrons. The Morgan fingerprint density at radius 3 is 2.52 bits per heavy atom. The Balaban J connectivity index is 1.68. The lowest BCUT2D eigenvalue weighted by molar-refractivity contribution is -0.112. The number of rotatable bonds is 4. The average Bonchev–Trinajstić information content (AvgIpc) is 3.00. The van der Waals surface area contributed by atoms with E-state index in [9.17, 15) is 4.79 Å². The molecule has 2 aromatic carbocycles. The molecular weight excluding hydrogens is 352 g/mol. The molecule has 1 fully saturated rings. The van der Waals surface area contributed by atoms with E-state index in [4.69, 9.17) is 0 Å². The number of ketones is 1. The molecule has 0 spiro atoms. The zero-order chi connectivity index (χ0) is 18.8. The lowest BCUT2D eigenvalue weighted by atomic mass is 10.1. The second-order valence-corrected chi connectivity index (χ2v) is 8.53. The molecule has 0 aliphatic carbocycles. The molecule has 0 N–H and O–H groups in total. The third-order valence-electron chi connectivity index (χ3n) is 5.22. The van der Waals surface area contributed by atoms with Gasteiger partial charge < -0.3 is 9.80 Å². The van der Waals surface area contributed by atoms with Gasteiger partial charge in [-0.1, -0.05) is 41.6 Å². The number of hydrogen-bond donors (Lipinski definition) is 0. The Hall–Kier alpha value is -2.20. The number of allylic oxidation sites excluding steroid dienone is 1. The summed E-state index contributed by atoms with van der Waals surface area (Å²) in [7, 11) is 0. The molecule has 0 amide bonds. The lowest BCUT2D eigenvalue weighted by Gasteiger charge is -2.30. The minimum Gasteiger partial charge on any atom is -0.371 e. The highest BCUT2D eigenvalue weighted by atomic mass is 32.2. The summed E-state index contributed by atoms with van der Waals surface area (Å²) in [6, 6.07) is 15.4. The summed E-state index contributed by atoms with van der Waals surface area (Å²) in [5.41, 5.74) is 5.04. The third-order valence-corrected chi connectivity index (χ3v) is 6.34. The molecule has 2 aromatic rings. The molecule has 27 heavy (non-hydrogen) atoms. The van der Waals surface area contributed by atoms with Gasteiger partial charge in [0.05, 0.1) is 10.7 Å². The second kappa shape index (κ2) is 7.81. The Morgan fingerprint density at radius 2 is 1.81 bits per heavy atom. The summed E-state index contributed by atoms with van der Waals surface area (Å²) < 4.78 is 0. The largest absolute Gasteiger partial charge is 0.371 e. The van der Waals surface area contributed by atoms with Gasteiger partial charge >= 0.3 is 0 Å². The first-order valence-corrected chi connectivity index (χ1v) is 10.5. The predicted molar refractivity (Wildman–Crippen MR) is 114 cm³/mol. The van der Waals surface area contributed by atoms with Gasteiger partial charge in [-0.3, -0.25) is 4.79 Å². The van der Waals surface area contributed by atoms with E-state index in [2.05, 4.69) is 59.2 Å². The van der Waals surface area contributed by atoms with E-state index in [-0.39, 0.29) is 5.78 Å². The summed E-state index contributed by atoms with van der Waals surface area (Å²) in [6.07, 6.45) is 5.64. The molecule has 0 saturated carbocycles. The number of carbonyl (C=O) groups excluding carboxylic acids is 1. The van der Waals surface area contributed by atoms with Crippen molar-refractivity contribution in [1.82, 2.24) is 0 Å². The summed E-state index contributed by atoms with van der Waals surface area (Å²) in [5.74, 6) is 0.0930. The first kappa shape index (κ1) is 18.2. The Labute approximate surface area is 166 Å². The van der Waals surface area contributed by atoms with E-state index in [0.717, 1.165) is 24.7 Å². The Kier molecular flexibility index (Phi) is 5.26. The van der Waals surface area contributed by atoms with Crippen LogP contribution in [-0.2, 0) is 11.3 Å². The van der Waals surface area contributed by atoms with Crippen LogP contribution >= 0.6 is 11.8 Å². The van der Waals surface area contributed by atoms with Crippen LogP contribution in [0.5, 0.6) is 0 Å². The molecule has 0 atom stereocenters. The standard InChI is InChI=1S/C23H26N2OS/c1-17-6-8-19(9-7-17)16-25-21-15-20(24-12-4-3-5-13-24)10-11-22(21)27-23(25)14-18(2)26/h6-11,14-15H,3-5,12-13,16H2,1-2H3/b23-14-. The Morgan fingerprint density at radius 1 is 1.07 bits per heavy atom. The zero-order valence-electron chi connectivity index (χ0n) is 16.1. The van der Waals surface area contributed by atoms with Crippen molar-refractivity contribution in [3.63, 3.8) is 0 Å². The number of anilines is 2. The van der Waals surface area contributed by atoms with E-state index in [1.54, 1.807) is 24.8 Å². The maximum Gasteiger partial charge on any atom is 0.155 e. The van der Waals surface area contributed by atoms with Gasteiger partial charge in [-0.2, -0.15) is 0 Å². The second-order valence-electron chi connectivity index (χ2n) is 7.47. The van der Waals surface area contributed by atoms with Crippen LogP contribution in [0.2, 0.25) is 0 Å². The highest BCUT2D eigenvalue weighted by Gasteiger charge is 2.27. The maximum absolute atomic E-state index is 11.8. The molecular formula is C23H26N2OS. The molecule has 4 heteroatoms. The quantitative estimate of drug-likeness (QED) is 0.653. The van der Waals surface area contributed by atoms with Crippen molar-refractivity contribution in [1.29, 1.82) is 0 Å². The molecule has 2 heterocycles. The number of aryl methyl sites for hydroxylation is 1. The van der Waals surface area contributed by atoms with Gasteiger partial charge in [0.25, 0.3) is 0 Å². The summed E-state index contributed by atoms with van der Waals surface area (Å²) in [5, 5.41) is 1.02. The molecule has 2 aliphatic heterocycles. The molecule has 1 saturated heterocycles. The van der Waals surface area contributed by atoms with Gasteiger partial charge in [-0.05, 0) is 56.9 Å². The number of piperidine rings is 1. The number of hydrogen-bond acceptors (Lipinski definition) is 4. The van der Waals surface area contributed by atoms with Crippen molar-refractivity contribution in [3.05, 3.63) is 64.7 Å². The number of fused-ring (bicyclic) bond motifs is 1. The number of nitrogens with zero attached hydrogens (tertiary/aromatic N) is 2. The summed E-state index contributed by atoms with van der Waals surface area (Å²) in [4.78, 5) is 17.8. The van der Waals surface area contributed by atoms with Crippen LogP contribution in [0.4, 0.5) is 11.4 Å². The average molecular weight is 379 g/mol. The van der Waals surface area contributed by atoms with Gasteiger partial charge in [-0.15, -0.1) is 0 Å². The van der Waals surface area contributed by atoms with Gasteiger partial charge in [-0.25, -0.2) is 0 Å². The molecule has 0 aromatic heterocycles. The van der Waals surface area contributed by atoms with E-state index < -0.39 is 0 Å². The normalized spacial score (nSPS) is 18.1. The van der Waals surface area contributed by atoms with Crippen molar-refractivity contribution in [2.24, 2.45) is 0 Å². The first-order chi connectivity index (χ1) is 13.1. The SMILES string of the molecule is CC(=O)/C=C1\Sc2ccc(N3CCCCC3)cc2N1Cc1ccc(C)cc1. The number of thioether (sulfide) groups is 1. The van der Waals surface area contributed by atoms with E-state index in [0.29, 0.717) is 0 Å². The molecule has 3 nitrogen and oxygen atoms in total. The smallest absolute Gasteiger partial charge is 0.155 e. The van der Waals surface area contributed by atoms with Gasteiger partial charge in [0.2, 0.25) is 0 Å². The van der Waals surface area contributed by atoms with Crippen LogP contribution in [0, 0.1) is 6.92 Å². The topological polar surface area (TPSA) is 23.6 Å². The minimum absolute atomic E-state index is 0.0930. The van der Waals surface area contributed by atoms with E-state index >= 15 is 0 Å². The fourth-order valence-corrected chi connectivity index (χ4v) is 4.89. The monoisotopic (exact) mass is 378 g/mol. The fraction of sp³-hybridized carbons (Fsp3) is 0.348. The Bertz CT molecular complexity index is 866. The molecule has 0 unspecified atom stereocenters. The predicted octanol–water partition coefficient (Wildman–Crippen LogP) is 5.53. The first-order valence-electron chi connectivity index (χ1n) is 9.72. The molecule has 2 aliphatic rings. The van der Waals surface area contributed by atoms with E-state index in [1.165, 1.54) is 46.7 Å². The van der Waals surface area contributed by atoms with Gasteiger partial charge in [0.15, 0.2) is 5.78 Å². The van der Waals surface area contributed by atoms with Crippen molar-refractivity contribution >= 4 is 28.9 Å². The number of carbonyl (C=O) groups is 1. The summed E-state index contributed by atoms with van der Waals surface area (Å²) in [6.45, 7) is 6.79. The molecule has 4 rings (SSSR count). The van der Waals surface area contributed by atoms with Crippen LogP contribution in [-0.4, -0.2) is 18.9 Å². The molecule has 0 bridgehead atoms. The third kappa shape index (κ3) is 4.06. The highest BCUT2D eigenvalue weighted by molar-refractivity contribution is 8.03. The van der Waals surface area contributed by atoms with Crippen LogP contribution in [0.1, 0.15) is 37.3 Å². The summed E-state index contributed by atoms with van der Waals surface area (Å²) >= 11 is 1.70. The van der Waals surface area contributed by atoms with Crippen LogP contribution in [0.25, 0.3) is 0 Å². The minimum atomic E-state index is 0.0930. The van der Waals surface area contributed by atoms with Gasteiger partial charge in [0.1, 0.15) is 0 Å². The van der Waals surface area contributed by atoms with Gasteiger partial charge in [0, 0.05) is 36.3 Å². The van der Waals surface area contributed by atoms with Crippen molar-refractivity contribution in [2.45, 2.75) is 44.6 Å². The highest BCUT2D eigenvalue weighted by Crippen LogP contribution is 2.48. The maximum atomic E-state index is 11.8. The van der Waals surface area contributed by atoms with Crippen LogP contribution in [0.3, 0.4) is 0 Å². The number of benzene rings is 2. The lowest BCUT2D eigenvalue weighted by Crippen LogP contribution is -2.29. The van der Waals surface area contributed by atoms with Crippen molar-refractivity contribution in [3.8, 4) is 0 Å².